The minimum Gasteiger partial charge on any atom is -0.302 e. The van der Waals surface area contributed by atoms with Crippen LogP contribution < -0.4 is 5.32 Å². The van der Waals surface area contributed by atoms with Crippen LogP contribution in [-0.4, -0.2) is 34.2 Å². The van der Waals surface area contributed by atoms with E-state index < -0.39 is 0 Å². The Balaban J connectivity index is 1.34. The van der Waals surface area contributed by atoms with Crippen LogP contribution in [0, 0.1) is 6.92 Å². The molecule has 0 saturated carbocycles. The molecule has 0 unspecified atom stereocenters. The van der Waals surface area contributed by atoms with Gasteiger partial charge >= 0.3 is 0 Å². The van der Waals surface area contributed by atoms with Crippen molar-refractivity contribution >= 4 is 44.4 Å². The highest BCUT2D eigenvalue weighted by Gasteiger charge is 2.34. The van der Waals surface area contributed by atoms with E-state index in [2.05, 4.69) is 10.3 Å². The largest absolute Gasteiger partial charge is 0.302 e. The van der Waals surface area contributed by atoms with Crippen LogP contribution in [0.2, 0.25) is 0 Å². The lowest BCUT2D eigenvalue weighted by atomic mass is 10.1. The summed E-state index contributed by atoms with van der Waals surface area (Å²) in [6, 6.07) is 12.7. The van der Waals surface area contributed by atoms with Gasteiger partial charge in [-0.1, -0.05) is 35.6 Å². The van der Waals surface area contributed by atoms with E-state index in [0.717, 1.165) is 15.8 Å². The SMILES string of the molecule is Cc1cccc2sc(NC(=O)CCCN3C(=O)c4ccccc4C3=O)nc12. The van der Waals surface area contributed by atoms with Crippen molar-refractivity contribution in [3.05, 3.63) is 59.2 Å². The van der Waals surface area contributed by atoms with Crippen LogP contribution in [0.1, 0.15) is 39.1 Å². The van der Waals surface area contributed by atoms with E-state index >= 15 is 0 Å². The van der Waals surface area contributed by atoms with Gasteiger partial charge in [0.25, 0.3) is 11.8 Å². The number of nitrogens with one attached hydrogen (secondary N) is 1. The molecule has 0 bridgehead atoms. The van der Waals surface area contributed by atoms with Crippen LogP contribution in [0.5, 0.6) is 0 Å². The van der Waals surface area contributed by atoms with Crippen LogP contribution in [-0.2, 0) is 4.79 Å². The molecule has 0 aliphatic carbocycles. The Morgan fingerprint density at radius 1 is 1.07 bits per heavy atom. The first-order chi connectivity index (χ1) is 13.0. The average molecular weight is 379 g/mol. The number of aromatic nitrogens is 1. The predicted molar refractivity (Wildman–Crippen MR) is 104 cm³/mol. The number of benzene rings is 2. The number of rotatable bonds is 5. The van der Waals surface area contributed by atoms with Gasteiger partial charge in [0, 0.05) is 13.0 Å². The van der Waals surface area contributed by atoms with Crippen LogP contribution in [0.4, 0.5) is 5.13 Å². The lowest BCUT2D eigenvalue weighted by Gasteiger charge is -2.13. The molecule has 0 radical (unpaired) electrons. The lowest BCUT2D eigenvalue weighted by Crippen LogP contribution is -2.31. The fraction of sp³-hybridized carbons (Fsp3) is 0.200. The van der Waals surface area contributed by atoms with Crippen molar-refractivity contribution in [3.8, 4) is 0 Å². The fourth-order valence-corrected chi connectivity index (χ4v) is 4.12. The first kappa shape index (κ1) is 17.4. The molecule has 3 amide bonds. The number of aryl methyl sites for hydroxylation is 1. The maximum absolute atomic E-state index is 12.3. The van der Waals surface area contributed by atoms with Crippen molar-refractivity contribution in [2.45, 2.75) is 19.8 Å². The number of hydrogen-bond donors (Lipinski definition) is 1. The van der Waals surface area contributed by atoms with Crippen LogP contribution in [0.15, 0.2) is 42.5 Å². The van der Waals surface area contributed by atoms with Crippen LogP contribution in [0.3, 0.4) is 0 Å². The summed E-state index contributed by atoms with van der Waals surface area (Å²) in [5.41, 5.74) is 2.81. The summed E-state index contributed by atoms with van der Waals surface area (Å²) >= 11 is 1.43. The summed E-state index contributed by atoms with van der Waals surface area (Å²) in [5.74, 6) is -0.765. The molecule has 6 nitrogen and oxygen atoms in total. The minimum absolute atomic E-state index is 0.177. The molecule has 136 valence electrons. The monoisotopic (exact) mass is 379 g/mol. The molecule has 1 aliphatic heterocycles. The van der Waals surface area contributed by atoms with E-state index in [1.54, 1.807) is 24.3 Å². The first-order valence-corrected chi connectivity index (χ1v) is 9.47. The molecular formula is C20H17N3O3S. The lowest BCUT2D eigenvalue weighted by molar-refractivity contribution is -0.116. The maximum Gasteiger partial charge on any atom is 0.261 e. The van der Waals surface area contributed by atoms with E-state index in [9.17, 15) is 14.4 Å². The Bertz CT molecular complexity index is 1040. The molecule has 7 heteroatoms. The third kappa shape index (κ3) is 3.21. The molecule has 27 heavy (non-hydrogen) atoms. The van der Waals surface area contributed by atoms with Gasteiger partial charge in [-0.2, -0.15) is 0 Å². The van der Waals surface area contributed by atoms with E-state index in [-0.39, 0.29) is 30.7 Å². The number of thiazole rings is 1. The maximum atomic E-state index is 12.3. The molecule has 1 aliphatic rings. The molecular weight excluding hydrogens is 362 g/mol. The van der Waals surface area contributed by atoms with E-state index in [0.29, 0.717) is 22.7 Å². The van der Waals surface area contributed by atoms with Gasteiger partial charge in [0.15, 0.2) is 5.13 Å². The normalized spacial score (nSPS) is 13.3. The quantitative estimate of drug-likeness (QED) is 0.687. The molecule has 1 aromatic heterocycles. The van der Waals surface area contributed by atoms with E-state index in [1.165, 1.54) is 16.2 Å². The fourth-order valence-electron chi connectivity index (χ4n) is 3.16. The number of imide groups is 1. The van der Waals surface area contributed by atoms with Crippen LogP contribution in [0.25, 0.3) is 10.2 Å². The minimum atomic E-state index is -0.294. The molecule has 0 saturated heterocycles. The molecule has 0 atom stereocenters. The molecule has 1 N–H and O–H groups in total. The number of amides is 3. The van der Waals surface area contributed by atoms with Gasteiger partial charge < -0.3 is 5.32 Å². The Morgan fingerprint density at radius 3 is 2.44 bits per heavy atom. The number of fused-ring (bicyclic) bond motifs is 2. The van der Waals surface area contributed by atoms with Crippen molar-refractivity contribution < 1.29 is 14.4 Å². The predicted octanol–water partition coefficient (Wildman–Crippen LogP) is 3.62. The zero-order valence-corrected chi connectivity index (χ0v) is 15.5. The van der Waals surface area contributed by atoms with Crippen molar-refractivity contribution in [2.24, 2.45) is 0 Å². The molecule has 0 spiro atoms. The summed E-state index contributed by atoms with van der Waals surface area (Å²) in [5, 5.41) is 3.36. The number of para-hydroxylation sites is 1. The molecule has 3 aromatic rings. The highest BCUT2D eigenvalue weighted by atomic mass is 32.1. The van der Waals surface area contributed by atoms with Gasteiger partial charge in [-0.05, 0) is 37.1 Å². The van der Waals surface area contributed by atoms with Gasteiger partial charge in [0.1, 0.15) is 0 Å². The van der Waals surface area contributed by atoms with Gasteiger partial charge in [-0.3, -0.25) is 19.3 Å². The van der Waals surface area contributed by atoms with Gasteiger partial charge in [-0.15, -0.1) is 0 Å². The van der Waals surface area contributed by atoms with Gasteiger partial charge in [0.05, 0.1) is 21.3 Å². The average Bonchev–Trinajstić information content (AvgIpc) is 3.17. The number of nitrogens with zero attached hydrogens (tertiary/aromatic N) is 2. The molecule has 2 heterocycles. The van der Waals surface area contributed by atoms with Gasteiger partial charge in [-0.25, -0.2) is 4.98 Å². The van der Waals surface area contributed by atoms with Crippen LogP contribution >= 0.6 is 11.3 Å². The van der Waals surface area contributed by atoms with Crippen molar-refractivity contribution in [3.63, 3.8) is 0 Å². The molecule has 2 aromatic carbocycles. The smallest absolute Gasteiger partial charge is 0.261 e. The highest BCUT2D eigenvalue weighted by Crippen LogP contribution is 2.28. The summed E-state index contributed by atoms with van der Waals surface area (Å²) in [6.07, 6.45) is 0.615. The second-order valence-corrected chi connectivity index (χ2v) is 7.43. The van der Waals surface area contributed by atoms with E-state index in [1.807, 2.05) is 25.1 Å². The Kier molecular flexibility index (Phi) is 4.45. The van der Waals surface area contributed by atoms with Crippen molar-refractivity contribution in [1.29, 1.82) is 0 Å². The van der Waals surface area contributed by atoms with Gasteiger partial charge in [0.2, 0.25) is 5.91 Å². The van der Waals surface area contributed by atoms with Crippen molar-refractivity contribution in [2.75, 3.05) is 11.9 Å². The summed E-state index contributed by atoms with van der Waals surface area (Å²) in [7, 11) is 0. The Labute approximate surface area is 159 Å². The zero-order chi connectivity index (χ0) is 19.0. The first-order valence-electron chi connectivity index (χ1n) is 8.66. The second kappa shape index (κ2) is 6.92. The Morgan fingerprint density at radius 2 is 1.78 bits per heavy atom. The zero-order valence-electron chi connectivity index (χ0n) is 14.7. The number of hydrogen-bond acceptors (Lipinski definition) is 5. The summed E-state index contributed by atoms with van der Waals surface area (Å²) < 4.78 is 1.02. The number of anilines is 1. The summed E-state index contributed by atoms with van der Waals surface area (Å²) in [6.45, 7) is 2.20. The third-order valence-electron chi connectivity index (χ3n) is 4.53. The van der Waals surface area contributed by atoms with Crippen molar-refractivity contribution in [1.82, 2.24) is 9.88 Å². The summed E-state index contributed by atoms with van der Waals surface area (Å²) in [4.78, 5) is 42.5. The molecule has 0 fully saturated rings. The second-order valence-electron chi connectivity index (χ2n) is 6.40. The standard InChI is InChI=1S/C20H17N3O3S/c1-12-6-4-9-15-17(12)22-20(27-15)21-16(24)10-5-11-23-18(25)13-7-2-3-8-14(13)19(23)26/h2-4,6-9H,5,10-11H2,1H3,(H,21,22,24). The number of carbonyl (C=O) groups excluding carboxylic acids is 3. The van der Waals surface area contributed by atoms with E-state index in [4.69, 9.17) is 0 Å². The third-order valence-corrected chi connectivity index (χ3v) is 5.47. The Hall–Kier alpha value is -3.06. The molecule has 4 rings (SSSR count). The highest BCUT2D eigenvalue weighted by molar-refractivity contribution is 7.22. The topological polar surface area (TPSA) is 79.4 Å². The number of carbonyl (C=O) groups is 3.